The molecule has 2 heterocycles. The zero-order chi connectivity index (χ0) is 23.5. The number of thioether (sulfide) groups is 1. The largest absolute Gasteiger partial charge is 0.490 e. The molecule has 1 aliphatic heterocycles. The third-order valence-corrected chi connectivity index (χ3v) is 6.17. The molecule has 0 aliphatic carbocycles. The first kappa shape index (κ1) is 24.3. The highest BCUT2D eigenvalue weighted by molar-refractivity contribution is 7.98. The zero-order valence-electron chi connectivity index (χ0n) is 17.6. The number of hydrogen-bond acceptors (Lipinski definition) is 5. The Morgan fingerprint density at radius 2 is 1.78 bits per heavy atom. The molecular weight excluding hydrogens is 451 g/mol. The summed E-state index contributed by atoms with van der Waals surface area (Å²) in [5.74, 6) is -4.64. The van der Waals surface area contributed by atoms with Gasteiger partial charge in [-0.05, 0) is 60.4 Å². The van der Waals surface area contributed by atoms with Crippen molar-refractivity contribution in [1.82, 2.24) is 4.98 Å². The minimum absolute atomic E-state index is 0.0323. The van der Waals surface area contributed by atoms with Gasteiger partial charge in [-0.1, -0.05) is 6.07 Å². The number of piperidine rings is 1. The Bertz CT molecular complexity index is 954. The molecule has 1 aliphatic rings. The van der Waals surface area contributed by atoms with E-state index in [2.05, 4.69) is 9.72 Å². The SMILES string of the molecule is CSc1ccc(-c2ccnc(N3CCC(COC(=O)C(F)(F)F)CC3)c2)cc1C(C)(F)F. The molecular formula is C22H23F5N2O2S. The fourth-order valence-corrected chi connectivity index (χ4v) is 4.27. The van der Waals surface area contributed by atoms with Crippen LogP contribution in [0.5, 0.6) is 0 Å². The van der Waals surface area contributed by atoms with Crippen molar-refractivity contribution < 1.29 is 31.5 Å². The lowest BCUT2D eigenvalue weighted by Gasteiger charge is -2.32. The minimum Gasteiger partial charge on any atom is -0.459 e. The highest BCUT2D eigenvalue weighted by Crippen LogP contribution is 2.37. The highest BCUT2D eigenvalue weighted by Gasteiger charge is 2.41. The van der Waals surface area contributed by atoms with E-state index in [1.165, 1.54) is 17.8 Å². The number of carbonyl (C=O) groups is 1. The van der Waals surface area contributed by atoms with Crippen molar-refractivity contribution in [2.24, 2.45) is 5.92 Å². The number of nitrogens with zero attached hydrogens (tertiary/aromatic N) is 2. The van der Waals surface area contributed by atoms with E-state index in [-0.39, 0.29) is 18.1 Å². The lowest BCUT2D eigenvalue weighted by atomic mass is 9.97. The molecule has 2 aromatic rings. The van der Waals surface area contributed by atoms with E-state index >= 15 is 0 Å². The standard InChI is InChI=1S/C22H23F5N2O2S/c1-21(23,24)17-11-15(3-4-18(17)32-2)16-5-8-28-19(12-16)29-9-6-14(7-10-29)13-31-20(30)22(25,26)27/h3-5,8,11-12,14H,6-7,9-10,13H2,1-2H3. The van der Waals surface area contributed by atoms with Crippen LogP contribution in [0.1, 0.15) is 25.3 Å². The molecule has 4 nitrogen and oxygen atoms in total. The number of esters is 1. The number of hydrogen-bond donors (Lipinski definition) is 0. The van der Waals surface area contributed by atoms with Gasteiger partial charge in [-0.25, -0.2) is 18.6 Å². The van der Waals surface area contributed by atoms with Crippen molar-refractivity contribution >= 4 is 23.5 Å². The van der Waals surface area contributed by atoms with Crippen LogP contribution in [-0.4, -0.2) is 43.1 Å². The van der Waals surface area contributed by atoms with E-state index in [0.717, 1.165) is 12.5 Å². The molecule has 0 unspecified atom stereocenters. The fourth-order valence-electron chi connectivity index (χ4n) is 3.61. The van der Waals surface area contributed by atoms with Crippen LogP contribution in [0.4, 0.5) is 27.8 Å². The van der Waals surface area contributed by atoms with Crippen molar-refractivity contribution in [2.45, 2.75) is 36.8 Å². The van der Waals surface area contributed by atoms with E-state index in [0.29, 0.717) is 42.2 Å². The van der Waals surface area contributed by atoms with Gasteiger partial charge < -0.3 is 9.64 Å². The predicted molar refractivity (Wildman–Crippen MR) is 113 cm³/mol. The fraction of sp³-hybridized carbons (Fsp3) is 0.455. The van der Waals surface area contributed by atoms with Crippen LogP contribution in [0.15, 0.2) is 41.4 Å². The Kier molecular flexibility index (Phi) is 7.32. The number of aromatic nitrogens is 1. The molecule has 0 amide bonds. The number of benzene rings is 1. The highest BCUT2D eigenvalue weighted by atomic mass is 32.2. The summed E-state index contributed by atoms with van der Waals surface area (Å²) in [4.78, 5) is 17.7. The molecule has 0 bridgehead atoms. The van der Waals surface area contributed by atoms with Crippen molar-refractivity contribution in [3.8, 4) is 11.1 Å². The second-order valence-corrected chi connectivity index (χ2v) is 8.58. The van der Waals surface area contributed by atoms with Crippen LogP contribution in [0.3, 0.4) is 0 Å². The Hall–Kier alpha value is -2.36. The van der Waals surface area contributed by atoms with E-state index in [4.69, 9.17) is 0 Å². The van der Waals surface area contributed by atoms with E-state index in [1.807, 2.05) is 11.0 Å². The van der Waals surface area contributed by atoms with Crippen molar-refractivity contribution in [1.29, 1.82) is 0 Å². The maximum atomic E-state index is 14.1. The normalized spacial score (nSPS) is 15.7. The van der Waals surface area contributed by atoms with Gasteiger partial charge in [0.25, 0.3) is 5.92 Å². The number of carbonyl (C=O) groups excluding carboxylic acids is 1. The van der Waals surface area contributed by atoms with Gasteiger partial charge in [0.2, 0.25) is 0 Å². The topological polar surface area (TPSA) is 42.4 Å². The van der Waals surface area contributed by atoms with Crippen LogP contribution in [0, 0.1) is 5.92 Å². The predicted octanol–water partition coefficient (Wildman–Crippen LogP) is 5.90. The average molecular weight is 474 g/mol. The number of rotatable bonds is 6. The third-order valence-electron chi connectivity index (χ3n) is 5.37. The molecule has 1 aromatic heterocycles. The molecule has 0 saturated carbocycles. The van der Waals surface area contributed by atoms with Gasteiger partial charge >= 0.3 is 12.1 Å². The van der Waals surface area contributed by atoms with Crippen LogP contribution < -0.4 is 4.90 Å². The van der Waals surface area contributed by atoms with Crippen molar-refractivity contribution in [2.75, 3.05) is 30.9 Å². The molecule has 1 saturated heterocycles. The summed E-state index contributed by atoms with van der Waals surface area (Å²) in [5.41, 5.74) is 1.36. The summed E-state index contributed by atoms with van der Waals surface area (Å²) in [6, 6.07) is 8.53. The van der Waals surface area contributed by atoms with Crippen molar-refractivity contribution in [3.05, 3.63) is 42.1 Å². The molecule has 174 valence electrons. The monoisotopic (exact) mass is 474 g/mol. The Labute approximate surface area is 187 Å². The molecule has 10 heteroatoms. The Balaban J connectivity index is 1.68. The number of ether oxygens (including phenoxy) is 1. The van der Waals surface area contributed by atoms with Gasteiger partial charge in [-0.2, -0.15) is 13.2 Å². The molecule has 0 spiro atoms. The second kappa shape index (κ2) is 9.64. The second-order valence-electron chi connectivity index (χ2n) is 7.73. The van der Waals surface area contributed by atoms with Gasteiger partial charge in [-0.15, -0.1) is 11.8 Å². The first-order chi connectivity index (χ1) is 15.0. The minimum atomic E-state index is -4.99. The molecule has 1 fully saturated rings. The van der Waals surface area contributed by atoms with Gasteiger partial charge in [0.15, 0.2) is 0 Å². The molecule has 0 atom stereocenters. The van der Waals surface area contributed by atoms with Crippen LogP contribution in [0.25, 0.3) is 11.1 Å². The Morgan fingerprint density at radius 1 is 1.12 bits per heavy atom. The van der Waals surface area contributed by atoms with E-state index in [9.17, 15) is 26.7 Å². The maximum absolute atomic E-state index is 14.1. The lowest BCUT2D eigenvalue weighted by molar-refractivity contribution is -0.201. The zero-order valence-corrected chi connectivity index (χ0v) is 18.4. The van der Waals surface area contributed by atoms with Gasteiger partial charge in [0.1, 0.15) is 5.82 Å². The van der Waals surface area contributed by atoms with Gasteiger partial charge in [0.05, 0.1) is 6.61 Å². The van der Waals surface area contributed by atoms with Crippen molar-refractivity contribution in [3.63, 3.8) is 0 Å². The maximum Gasteiger partial charge on any atom is 0.490 e. The van der Waals surface area contributed by atoms with Crippen LogP contribution in [0.2, 0.25) is 0 Å². The molecule has 1 aromatic carbocycles. The average Bonchev–Trinajstić information content (AvgIpc) is 2.76. The molecule has 0 radical (unpaired) electrons. The summed E-state index contributed by atoms with van der Waals surface area (Å²) >= 11 is 1.26. The quantitative estimate of drug-likeness (QED) is 0.296. The number of alkyl halides is 5. The molecule has 3 rings (SSSR count). The summed E-state index contributed by atoms with van der Waals surface area (Å²) in [6.45, 7) is 1.68. The molecule has 0 N–H and O–H groups in total. The van der Waals surface area contributed by atoms with Crippen LogP contribution >= 0.6 is 11.8 Å². The smallest absolute Gasteiger partial charge is 0.459 e. The lowest BCUT2D eigenvalue weighted by Crippen LogP contribution is -2.36. The van der Waals surface area contributed by atoms with E-state index in [1.54, 1.807) is 30.7 Å². The van der Waals surface area contributed by atoms with Gasteiger partial charge in [0, 0.05) is 36.7 Å². The summed E-state index contributed by atoms with van der Waals surface area (Å²) in [5, 5.41) is 0. The first-order valence-electron chi connectivity index (χ1n) is 10.0. The summed E-state index contributed by atoms with van der Waals surface area (Å²) in [6.07, 6.45) is -0.533. The number of halogens is 5. The summed E-state index contributed by atoms with van der Waals surface area (Å²) < 4.78 is 69.3. The molecule has 32 heavy (non-hydrogen) atoms. The summed E-state index contributed by atoms with van der Waals surface area (Å²) in [7, 11) is 0. The number of anilines is 1. The first-order valence-corrected chi connectivity index (χ1v) is 11.2. The van der Waals surface area contributed by atoms with Crippen LogP contribution in [-0.2, 0) is 15.5 Å². The number of pyridine rings is 1. The third kappa shape index (κ3) is 5.90. The van der Waals surface area contributed by atoms with Gasteiger partial charge in [-0.3, -0.25) is 0 Å². The van der Waals surface area contributed by atoms with E-state index < -0.39 is 18.1 Å². The Morgan fingerprint density at radius 3 is 2.38 bits per heavy atom.